The Kier molecular flexibility index (Phi) is 4.10. The number of amides is 1. The van der Waals surface area contributed by atoms with Crippen LogP contribution in [0.25, 0.3) is 5.69 Å². The molecule has 0 fully saturated rings. The molecular weight excluding hydrogens is 282 g/mol. The molecule has 0 aliphatic heterocycles. The minimum absolute atomic E-state index is 0.158. The van der Waals surface area contributed by atoms with Crippen molar-refractivity contribution < 1.29 is 4.79 Å². The molecule has 1 heterocycles. The van der Waals surface area contributed by atoms with Gasteiger partial charge in [0, 0.05) is 22.2 Å². The molecule has 1 aromatic carbocycles. The maximum atomic E-state index is 12.1. The average molecular weight is 299 g/mol. The lowest BCUT2D eigenvalue weighted by Crippen LogP contribution is -2.22. The molecule has 1 amide bonds. The third-order valence-corrected chi connectivity index (χ3v) is 3.76. The van der Waals surface area contributed by atoms with Crippen LogP contribution in [0.4, 0.5) is 0 Å². The first kappa shape index (κ1) is 15.2. The average Bonchev–Trinajstić information content (AvgIpc) is 2.78. The van der Waals surface area contributed by atoms with Crippen molar-refractivity contribution in [1.82, 2.24) is 4.57 Å². The molecule has 2 rings (SSSR count). The fraction of sp³-hybridized carbons (Fsp3) is 0.312. The number of hydrogen-bond donors (Lipinski definition) is 0. The fourth-order valence-electron chi connectivity index (χ4n) is 1.70. The summed E-state index contributed by atoms with van der Waals surface area (Å²) in [7, 11) is 0. The van der Waals surface area contributed by atoms with Crippen molar-refractivity contribution >= 4 is 17.2 Å². The number of benzene rings is 1. The SMILES string of the molecule is Cc1cn(-c2cccc(C#N)c2)/c(=N/C(=O)C(C)(C)C)s1. The summed E-state index contributed by atoms with van der Waals surface area (Å²) in [6, 6.07) is 9.37. The predicted molar refractivity (Wildman–Crippen MR) is 83.1 cm³/mol. The molecule has 0 unspecified atom stereocenters. The Morgan fingerprint density at radius 2 is 2.10 bits per heavy atom. The number of carbonyl (C=O) groups excluding carboxylic acids is 1. The molecule has 1 aromatic heterocycles. The van der Waals surface area contributed by atoms with Crippen LogP contribution in [0.1, 0.15) is 31.2 Å². The number of carbonyl (C=O) groups is 1. The van der Waals surface area contributed by atoms with Crippen LogP contribution in [-0.2, 0) is 4.79 Å². The molecule has 21 heavy (non-hydrogen) atoms. The van der Waals surface area contributed by atoms with E-state index in [0.717, 1.165) is 10.6 Å². The van der Waals surface area contributed by atoms with Crippen LogP contribution in [-0.4, -0.2) is 10.5 Å². The Morgan fingerprint density at radius 3 is 2.71 bits per heavy atom. The van der Waals surface area contributed by atoms with Gasteiger partial charge in [-0.3, -0.25) is 9.36 Å². The number of aromatic nitrogens is 1. The van der Waals surface area contributed by atoms with E-state index in [4.69, 9.17) is 5.26 Å². The lowest BCUT2D eigenvalue weighted by Gasteiger charge is -2.11. The first-order valence-corrected chi connectivity index (χ1v) is 7.42. The standard InChI is InChI=1S/C16H17N3OS/c1-11-10-19(13-7-5-6-12(8-13)9-17)15(21-11)18-14(20)16(2,3)4/h5-8,10H,1-4H3/b18-15-. The third-order valence-electron chi connectivity index (χ3n) is 2.86. The Morgan fingerprint density at radius 1 is 1.38 bits per heavy atom. The van der Waals surface area contributed by atoms with Crippen LogP contribution in [0.3, 0.4) is 0 Å². The van der Waals surface area contributed by atoms with Crippen LogP contribution in [0.15, 0.2) is 35.5 Å². The zero-order valence-corrected chi connectivity index (χ0v) is 13.4. The van der Waals surface area contributed by atoms with Gasteiger partial charge in [0.25, 0.3) is 5.91 Å². The van der Waals surface area contributed by atoms with Gasteiger partial charge in [0.05, 0.1) is 11.6 Å². The highest BCUT2D eigenvalue weighted by molar-refractivity contribution is 7.09. The monoisotopic (exact) mass is 299 g/mol. The van der Waals surface area contributed by atoms with E-state index in [1.165, 1.54) is 11.3 Å². The number of aryl methyl sites for hydroxylation is 1. The molecule has 0 bridgehead atoms. The van der Waals surface area contributed by atoms with Gasteiger partial charge in [-0.05, 0) is 25.1 Å². The van der Waals surface area contributed by atoms with Crippen LogP contribution in [0, 0.1) is 23.7 Å². The summed E-state index contributed by atoms with van der Waals surface area (Å²) in [6.45, 7) is 7.51. The second-order valence-electron chi connectivity index (χ2n) is 5.82. The molecular formula is C16H17N3OS. The van der Waals surface area contributed by atoms with E-state index in [9.17, 15) is 4.79 Å². The molecule has 0 aliphatic carbocycles. The Labute approximate surface area is 128 Å². The number of thiazole rings is 1. The quantitative estimate of drug-likeness (QED) is 0.812. The van der Waals surface area contributed by atoms with Gasteiger partial charge in [0.1, 0.15) is 0 Å². The van der Waals surface area contributed by atoms with Gasteiger partial charge in [-0.1, -0.05) is 26.8 Å². The van der Waals surface area contributed by atoms with Crippen molar-refractivity contribution in [2.75, 3.05) is 0 Å². The third kappa shape index (κ3) is 3.47. The second kappa shape index (κ2) is 5.66. The highest BCUT2D eigenvalue weighted by Gasteiger charge is 2.20. The molecule has 0 saturated heterocycles. The highest BCUT2D eigenvalue weighted by Crippen LogP contribution is 2.16. The second-order valence-corrected chi connectivity index (χ2v) is 7.04. The first-order chi connectivity index (χ1) is 9.81. The minimum atomic E-state index is -0.510. The Bertz CT molecular complexity index is 785. The largest absolute Gasteiger partial charge is 0.292 e. The summed E-state index contributed by atoms with van der Waals surface area (Å²) in [4.78, 5) is 18.0. The number of hydrogen-bond acceptors (Lipinski definition) is 3. The van der Waals surface area contributed by atoms with Gasteiger partial charge in [-0.2, -0.15) is 10.3 Å². The molecule has 0 aliphatic rings. The van der Waals surface area contributed by atoms with E-state index < -0.39 is 5.41 Å². The van der Waals surface area contributed by atoms with Crippen molar-refractivity contribution in [2.24, 2.45) is 10.4 Å². The van der Waals surface area contributed by atoms with Gasteiger partial charge in [-0.15, -0.1) is 11.3 Å². The summed E-state index contributed by atoms with van der Waals surface area (Å²) in [5, 5.41) is 9.00. The van der Waals surface area contributed by atoms with E-state index in [2.05, 4.69) is 11.1 Å². The molecule has 4 nitrogen and oxygen atoms in total. The molecule has 2 aromatic rings. The smallest absolute Gasteiger partial charge is 0.253 e. The van der Waals surface area contributed by atoms with Gasteiger partial charge >= 0.3 is 0 Å². The molecule has 0 spiro atoms. The Balaban J connectivity index is 2.59. The van der Waals surface area contributed by atoms with Crippen molar-refractivity contribution in [3.05, 3.63) is 45.7 Å². The molecule has 0 N–H and O–H groups in total. The summed E-state index contributed by atoms with van der Waals surface area (Å²) >= 11 is 1.46. The van der Waals surface area contributed by atoms with Gasteiger partial charge in [0.2, 0.25) is 0 Å². The molecule has 5 heteroatoms. The normalized spacial score (nSPS) is 12.2. The number of rotatable bonds is 1. The molecule has 0 atom stereocenters. The number of nitrogens with zero attached hydrogens (tertiary/aromatic N) is 3. The predicted octanol–water partition coefficient (Wildman–Crippen LogP) is 3.19. The highest BCUT2D eigenvalue weighted by atomic mass is 32.1. The van der Waals surface area contributed by atoms with Crippen molar-refractivity contribution in [1.29, 1.82) is 5.26 Å². The van der Waals surface area contributed by atoms with E-state index in [-0.39, 0.29) is 5.91 Å². The van der Waals surface area contributed by atoms with Crippen LogP contribution < -0.4 is 4.80 Å². The van der Waals surface area contributed by atoms with Crippen molar-refractivity contribution in [3.8, 4) is 11.8 Å². The lowest BCUT2D eigenvalue weighted by molar-refractivity contribution is -0.125. The molecule has 0 saturated carbocycles. The molecule has 108 valence electrons. The fourth-order valence-corrected chi connectivity index (χ4v) is 2.53. The van der Waals surface area contributed by atoms with Crippen molar-refractivity contribution in [3.63, 3.8) is 0 Å². The lowest BCUT2D eigenvalue weighted by atomic mass is 9.96. The minimum Gasteiger partial charge on any atom is -0.292 e. The van der Waals surface area contributed by atoms with E-state index in [0.29, 0.717) is 10.4 Å². The zero-order valence-electron chi connectivity index (χ0n) is 12.5. The van der Waals surface area contributed by atoms with E-state index >= 15 is 0 Å². The van der Waals surface area contributed by atoms with E-state index in [1.807, 2.05) is 50.6 Å². The maximum absolute atomic E-state index is 12.1. The van der Waals surface area contributed by atoms with E-state index in [1.54, 1.807) is 12.1 Å². The van der Waals surface area contributed by atoms with Crippen LogP contribution >= 0.6 is 11.3 Å². The summed E-state index contributed by atoms with van der Waals surface area (Å²) in [5.41, 5.74) is 0.903. The molecule has 0 radical (unpaired) electrons. The topological polar surface area (TPSA) is 58.1 Å². The zero-order chi connectivity index (χ0) is 15.6. The van der Waals surface area contributed by atoms with Gasteiger partial charge < -0.3 is 0 Å². The Hall–Kier alpha value is -2.19. The van der Waals surface area contributed by atoms with Crippen LogP contribution in [0.2, 0.25) is 0 Å². The van der Waals surface area contributed by atoms with Gasteiger partial charge in [-0.25, -0.2) is 0 Å². The summed E-state index contributed by atoms with van der Waals surface area (Å²) in [6.07, 6.45) is 1.93. The summed E-state index contributed by atoms with van der Waals surface area (Å²) in [5.74, 6) is -0.158. The van der Waals surface area contributed by atoms with Gasteiger partial charge in [0.15, 0.2) is 4.80 Å². The first-order valence-electron chi connectivity index (χ1n) is 6.60. The maximum Gasteiger partial charge on any atom is 0.253 e. The summed E-state index contributed by atoms with van der Waals surface area (Å²) < 4.78 is 1.85. The van der Waals surface area contributed by atoms with Crippen LogP contribution in [0.5, 0.6) is 0 Å². The van der Waals surface area contributed by atoms with Crippen molar-refractivity contribution in [2.45, 2.75) is 27.7 Å². The number of nitriles is 1.